The van der Waals surface area contributed by atoms with Crippen LogP contribution in [0.1, 0.15) is 54.8 Å². The van der Waals surface area contributed by atoms with Gasteiger partial charge in [0, 0.05) is 11.6 Å². The third kappa shape index (κ3) is 3.97. The molecule has 0 saturated heterocycles. The number of alkyl halides is 6. The molecule has 1 aliphatic rings. The van der Waals surface area contributed by atoms with E-state index >= 15 is 0 Å². The van der Waals surface area contributed by atoms with Crippen LogP contribution in [0.3, 0.4) is 0 Å². The quantitative estimate of drug-likeness (QED) is 0.711. The summed E-state index contributed by atoms with van der Waals surface area (Å²) in [5.74, 6) is -1.92. The molecule has 1 nitrogen and oxygen atoms in total. The lowest BCUT2D eigenvalue weighted by Crippen LogP contribution is -2.28. The fourth-order valence-corrected chi connectivity index (χ4v) is 3.08. The fraction of sp³-hybridized carbons (Fsp3) is 0.600. The van der Waals surface area contributed by atoms with Crippen LogP contribution < -0.4 is 5.73 Å². The van der Waals surface area contributed by atoms with Crippen LogP contribution in [0.5, 0.6) is 0 Å². The first-order valence-corrected chi connectivity index (χ1v) is 7.25. The number of halogens is 7. The first-order chi connectivity index (χ1) is 10.5. The summed E-state index contributed by atoms with van der Waals surface area (Å²) in [6.45, 7) is 0. The van der Waals surface area contributed by atoms with Gasteiger partial charge in [-0.1, -0.05) is 19.3 Å². The number of hydrogen-bond acceptors (Lipinski definition) is 1. The Labute approximate surface area is 128 Å². The molecule has 0 aromatic heterocycles. The topological polar surface area (TPSA) is 26.0 Å². The van der Waals surface area contributed by atoms with E-state index in [1.54, 1.807) is 0 Å². The van der Waals surface area contributed by atoms with Gasteiger partial charge >= 0.3 is 12.4 Å². The smallest absolute Gasteiger partial charge is 0.324 e. The number of rotatable bonds is 2. The highest BCUT2D eigenvalue weighted by Gasteiger charge is 2.42. The highest BCUT2D eigenvalue weighted by molar-refractivity contribution is 5.39. The van der Waals surface area contributed by atoms with Crippen LogP contribution in [0.2, 0.25) is 0 Å². The van der Waals surface area contributed by atoms with Gasteiger partial charge < -0.3 is 5.73 Å². The zero-order valence-corrected chi connectivity index (χ0v) is 12.1. The third-order valence-electron chi connectivity index (χ3n) is 4.25. The van der Waals surface area contributed by atoms with E-state index in [1.165, 1.54) is 0 Å². The lowest BCUT2D eigenvalue weighted by Gasteiger charge is -2.30. The first kappa shape index (κ1) is 18.0. The van der Waals surface area contributed by atoms with E-state index < -0.39 is 40.9 Å². The van der Waals surface area contributed by atoms with E-state index in [0.29, 0.717) is 12.8 Å². The summed E-state index contributed by atoms with van der Waals surface area (Å²) in [5.41, 5.74) is 1.64. The molecule has 0 radical (unpaired) electrons. The third-order valence-corrected chi connectivity index (χ3v) is 4.25. The monoisotopic (exact) mass is 343 g/mol. The molecule has 0 aliphatic heterocycles. The molecular formula is C15H16F7N. The van der Waals surface area contributed by atoms with Crippen molar-refractivity contribution in [2.45, 2.75) is 50.5 Å². The molecule has 1 aromatic carbocycles. The van der Waals surface area contributed by atoms with E-state index in [1.807, 2.05) is 0 Å². The molecule has 0 unspecified atom stereocenters. The van der Waals surface area contributed by atoms with Gasteiger partial charge in [-0.25, -0.2) is 4.39 Å². The van der Waals surface area contributed by atoms with E-state index in [0.717, 1.165) is 19.3 Å². The molecular weight excluding hydrogens is 327 g/mol. The van der Waals surface area contributed by atoms with E-state index in [2.05, 4.69) is 0 Å². The summed E-state index contributed by atoms with van der Waals surface area (Å²) in [5, 5.41) is 0. The van der Waals surface area contributed by atoms with Crippen molar-refractivity contribution in [3.05, 3.63) is 34.6 Å². The Morgan fingerprint density at radius 2 is 1.48 bits per heavy atom. The zero-order valence-electron chi connectivity index (χ0n) is 12.1. The Morgan fingerprint density at radius 3 is 1.96 bits per heavy atom. The van der Waals surface area contributed by atoms with Crippen molar-refractivity contribution < 1.29 is 30.7 Å². The Kier molecular flexibility index (Phi) is 4.94. The van der Waals surface area contributed by atoms with Crippen molar-refractivity contribution in [3.63, 3.8) is 0 Å². The standard InChI is InChI=1S/C15H16F7N/c16-11-7-9(14(17,18)19)6-10(15(20,21)22)12(11)13(23)8-4-2-1-3-5-8/h6-8,13H,1-5,23H2/t13-/m1/s1. The Morgan fingerprint density at radius 1 is 0.913 bits per heavy atom. The van der Waals surface area contributed by atoms with Crippen LogP contribution in [-0.4, -0.2) is 0 Å². The van der Waals surface area contributed by atoms with Gasteiger partial charge in [0.15, 0.2) is 0 Å². The zero-order chi connectivity index (χ0) is 17.4. The van der Waals surface area contributed by atoms with Gasteiger partial charge in [0.25, 0.3) is 0 Å². The van der Waals surface area contributed by atoms with Crippen LogP contribution in [0.15, 0.2) is 12.1 Å². The van der Waals surface area contributed by atoms with Crippen LogP contribution in [0.25, 0.3) is 0 Å². The Bertz CT molecular complexity index is 556. The predicted molar refractivity (Wildman–Crippen MR) is 69.9 cm³/mol. The SMILES string of the molecule is N[C@@H](c1c(F)cc(C(F)(F)F)cc1C(F)(F)F)C1CCCCC1. The van der Waals surface area contributed by atoms with Crippen LogP contribution in [-0.2, 0) is 12.4 Å². The second kappa shape index (κ2) is 6.30. The number of benzene rings is 1. The average molecular weight is 343 g/mol. The minimum atomic E-state index is -5.11. The van der Waals surface area contributed by atoms with Crippen LogP contribution in [0, 0.1) is 11.7 Å². The molecule has 1 aliphatic carbocycles. The van der Waals surface area contributed by atoms with Crippen LogP contribution >= 0.6 is 0 Å². The minimum absolute atomic E-state index is 0.0545. The van der Waals surface area contributed by atoms with E-state index in [-0.39, 0.29) is 18.1 Å². The van der Waals surface area contributed by atoms with E-state index in [4.69, 9.17) is 5.73 Å². The van der Waals surface area contributed by atoms with Gasteiger partial charge in [-0.2, -0.15) is 26.3 Å². The summed E-state index contributed by atoms with van der Waals surface area (Å²) in [6, 6.07) is -1.23. The summed E-state index contributed by atoms with van der Waals surface area (Å²) in [7, 11) is 0. The molecule has 0 amide bonds. The van der Waals surface area contributed by atoms with Crippen molar-refractivity contribution in [2.24, 2.45) is 11.7 Å². The normalized spacial score (nSPS) is 19.0. The summed E-state index contributed by atoms with van der Waals surface area (Å²) < 4.78 is 91.5. The second-order valence-corrected chi connectivity index (χ2v) is 5.84. The highest BCUT2D eigenvalue weighted by atomic mass is 19.4. The molecule has 130 valence electrons. The van der Waals surface area contributed by atoms with E-state index in [9.17, 15) is 30.7 Å². The molecule has 0 bridgehead atoms. The lowest BCUT2D eigenvalue weighted by molar-refractivity contribution is -0.144. The number of nitrogens with two attached hydrogens (primary N) is 1. The maximum absolute atomic E-state index is 14.1. The predicted octanol–water partition coefficient (Wildman–Crippen LogP) is 5.44. The largest absolute Gasteiger partial charge is 0.416 e. The van der Waals surface area contributed by atoms with Crippen molar-refractivity contribution in [1.29, 1.82) is 0 Å². The van der Waals surface area contributed by atoms with Crippen molar-refractivity contribution in [2.75, 3.05) is 0 Å². The Hall–Kier alpha value is -1.31. The second-order valence-electron chi connectivity index (χ2n) is 5.84. The fourth-order valence-electron chi connectivity index (χ4n) is 3.08. The molecule has 8 heteroatoms. The van der Waals surface area contributed by atoms with Gasteiger partial charge in [-0.05, 0) is 30.9 Å². The van der Waals surface area contributed by atoms with Gasteiger partial charge in [-0.3, -0.25) is 0 Å². The summed E-state index contributed by atoms with van der Waals surface area (Å²) in [4.78, 5) is 0. The average Bonchev–Trinajstić information content (AvgIpc) is 2.44. The molecule has 1 fully saturated rings. The van der Waals surface area contributed by atoms with Gasteiger partial charge in [0.2, 0.25) is 0 Å². The molecule has 0 spiro atoms. The maximum Gasteiger partial charge on any atom is 0.416 e. The summed E-state index contributed by atoms with van der Waals surface area (Å²) >= 11 is 0. The Balaban J connectivity index is 2.53. The highest BCUT2D eigenvalue weighted by Crippen LogP contribution is 2.43. The minimum Gasteiger partial charge on any atom is -0.324 e. The van der Waals surface area contributed by atoms with Gasteiger partial charge in [-0.15, -0.1) is 0 Å². The molecule has 2 rings (SSSR count). The molecule has 0 heterocycles. The molecule has 1 saturated carbocycles. The number of hydrogen-bond donors (Lipinski definition) is 1. The van der Waals surface area contributed by atoms with Crippen LogP contribution in [0.4, 0.5) is 30.7 Å². The lowest BCUT2D eigenvalue weighted by atomic mass is 9.80. The molecule has 2 N–H and O–H groups in total. The van der Waals surface area contributed by atoms with Gasteiger partial charge in [0.05, 0.1) is 11.1 Å². The summed E-state index contributed by atoms with van der Waals surface area (Å²) in [6.07, 6.45) is -6.63. The maximum atomic E-state index is 14.1. The van der Waals surface area contributed by atoms with Crippen molar-refractivity contribution >= 4 is 0 Å². The van der Waals surface area contributed by atoms with Crippen molar-refractivity contribution in [3.8, 4) is 0 Å². The van der Waals surface area contributed by atoms with Gasteiger partial charge in [0.1, 0.15) is 5.82 Å². The van der Waals surface area contributed by atoms with Crippen molar-refractivity contribution in [1.82, 2.24) is 0 Å². The molecule has 23 heavy (non-hydrogen) atoms. The molecule has 1 aromatic rings. The molecule has 1 atom stereocenters. The first-order valence-electron chi connectivity index (χ1n) is 7.25.